The van der Waals surface area contributed by atoms with E-state index in [1.807, 2.05) is 75.4 Å². The molecule has 4 rings (SSSR count). The highest BCUT2D eigenvalue weighted by atomic mass is 16.4. The number of H-pyrrole nitrogens is 1. The first-order valence-electron chi connectivity index (χ1n) is 12.9. The molecule has 0 saturated carbocycles. The molecular weight excluding hydrogens is 478 g/mol. The Morgan fingerprint density at radius 3 is 2.24 bits per heavy atom. The summed E-state index contributed by atoms with van der Waals surface area (Å²) < 4.78 is 0. The molecule has 1 heterocycles. The number of carboxylic acids is 1. The summed E-state index contributed by atoms with van der Waals surface area (Å²) in [5.74, 6) is -0.829. The molecule has 0 spiro atoms. The van der Waals surface area contributed by atoms with Gasteiger partial charge in [0.25, 0.3) is 0 Å². The second-order valence-corrected chi connectivity index (χ2v) is 9.71. The molecule has 0 saturated heterocycles. The normalized spacial score (nSPS) is 11.9. The summed E-state index contributed by atoms with van der Waals surface area (Å²) in [7, 11) is 0. The van der Waals surface area contributed by atoms with E-state index in [-0.39, 0.29) is 18.4 Å². The number of amides is 1. The molecule has 4 aromatic rings. The first-order valence-corrected chi connectivity index (χ1v) is 12.9. The number of aromatic nitrogens is 4. The second-order valence-electron chi connectivity index (χ2n) is 9.71. The van der Waals surface area contributed by atoms with E-state index in [1.54, 1.807) is 0 Å². The topological polar surface area (TPSA) is 112 Å². The molecule has 38 heavy (non-hydrogen) atoms. The smallest absolute Gasteiger partial charge is 0.326 e. The predicted octanol–water partition coefficient (Wildman–Crippen LogP) is 5.83. The number of tetrazole rings is 1. The fraction of sp³-hybridized carbons (Fsp3) is 0.300. The summed E-state index contributed by atoms with van der Waals surface area (Å²) in [6, 6.07) is 23.3. The molecule has 1 aromatic heterocycles. The number of aliphatic carboxylic acids is 1. The number of carbonyl (C=O) groups excluding carboxylic acids is 1. The van der Waals surface area contributed by atoms with Gasteiger partial charge >= 0.3 is 5.97 Å². The van der Waals surface area contributed by atoms with Gasteiger partial charge in [-0.1, -0.05) is 87.9 Å². The van der Waals surface area contributed by atoms with Crippen molar-refractivity contribution in [2.75, 3.05) is 0 Å². The minimum Gasteiger partial charge on any atom is -0.480 e. The number of aromatic amines is 1. The van der Waals surface area contributed by atoms with Gasteiger partial charge in [0.1, 0.15) is 6.04 Å². The average Bonchev–Trinajstić information content (AvgIpc) is 3.46. The van der Waals surface area contributed by atoms with Crippen LogP contribution in [0.15, 0.2) is 72.8 Å². The highest BCUT2D eigenvalue weighted by Gasteiger charge is 2.32. The lowest BCUT2D eigenvalue weighted by atomic mass is 9.93. The molecule has 1 amide bonds. The lowest BCUT2D eigenvalue weighted by molar-refractivity contribution is -0.153. The number of nitrogens with zero attached hydrogens (tertiary/aromatic N) is 4. The minimum atomic E-state index is -0.982. The van der Waals surface area contributed by atoms with E-state index in [0.29, 0.717) is 12.2 Å². The van der Waals surface area contributed by atoms with Crippen molar-refractivity contribution >= 4 is 11.9 Å². The molecule has 1 atom stereocenters. The number of benzene rings is 3. The molecule has 8 nitrogen and oxygen atoms in total. The van der Waals surface area contributed by atoms with Gasteiger partial charge in [-0.05, 0) is 57.5 Å². The first kappa shape index (κ1) is 26.7. The average molecular weight is 512 g/mol. The van der Waals surface area contributed by atoms with Crippen molar-refractivity contribution in [1.82, 2.24) is 25.5 Å². The van der Waals surface area contributed by atoms with Crippen LogP contribution >= 0.6 is 0 Å². The van der Waals surface area contributed by atoms with Crippen LogP contribution in [-0.4, -0.2) is 48.5 Å². The molecule has 196 valence electrons. The van der Waals surface area contributed by atoms with Crippen LogP contribution in [0.5, 0.6) is 0 Å². The zero-order valence-corrected chi connectivity index (χ0v) is 22.0. The maximum atomic E-state index is 13.0. The fourth-order valence-corrected chi connectivity index (χ4v) is 4.64. The lowest BCUT2D eigenvalue weighted by Crippen LogP contribution is -2.47. The molecule has 0 aliphatic rings. The van der Waals surface area contributed by atoms with Crippen molar-refractivity contribution in [1.29, 1.82) is 0 Å². The first-order chi connectivity index (χ1) is 18.4. The number of nitrogens with one attached hydrogen (secondary N) is 1. The predicted molar refractivity (Wildman–Crippen MR) is 147 cm³/mol. The van der Waals surface area contributed by atoms with E-state index in [2.05, 4.69) is 38.8 Å². The standard InChI is InChI=1S/C30H33N5O3/c1-4-5-11-27(36)35(28(20(2)3)30(37)38)19-21-12-14-23(15-13-21)26-18-24(22-9-7-6-8-10-22)16-17-25(26)29-31-33-34-32-29/h6-10,12-18,20,28H,4-5,11,19H2,1-3H3,(H,37,38)(H,31,32,33,34). The van der Waals surface area contributed by atoms with Gasteiger partial charge < -0.3 is 10.0 Å². The van der Waals surface area contributed by atoms with Crippen LogP contribution in [0, 0.1) is 5.92 Å². The second kappa shape index (κ2) is 12.3. The van der Waals surface area contributed by atoms with Crippen LogP contribution in [0.1, 0.15) is 45.6 Å². The van der Waals surface area contributed by atoms with Gasteiger partial charge in [0.2, 0.25) is 11.7 Å². The highest BCUT2D eigenvalue weighted by molar-refractivity contribution is 5.85. The molecule has 0 bridgehead atoms. The molecule has 2 N–H and O–H groups in total. The molecule has 8 heteroatoms. The van der Waals surface area contributed by atoms with Crippen LogP contribution in [0.4, 0.5) is 0 Å². The van der Waals surface area contributed by atoms with Gasteiger partial charge in [-0.3, -0.25) is 4.79 Å². The van der Waals surface area contributed by atoms with E-state index >= 15 is 0 Å². The third kappa shape index (κ3) is 6.14. The number of hydrogen-bond donors (Lipinski definition) is 2. The number of carbonyl (C=O) groups is 2. The van der Waals surface area contributed by atoms with E-state index in [1.165, 1.54) is 4.90 Å². The van der Waals surface area contributed by atoms with Crippen molar-refractivity contribution in [2.45, 2.75) is 52.6 Å². The van der Waals surface area contributed by atoms with Crippen molar-refractivity contribution in [2.24, 2.45) is 5.92 Å². The molecule has 3 aromatic carbocycles. The largest absolute Gasteiger partial charge is 0.480 e. The van der Waals surface area contributed by atoms with Gasteiger partial charge in [0, 0.05) is 18.5 Å². The van der Waals surface area contributed by atoms with Gasteiger partial charge in [0.05, 0.1) is 0 Å². The molecule has 0 aliphatic heterocycles. The molecule has 1 unspecified atom stereocenters. The Morgan fingerprint density at radius 1 is 0.921 bits per heavy atom. The zero-order valence-electron chi connectivity index (χ0n) is 22.0. The Labute approximate surface area is 222 Å². The lowest BCUT2D eigenvalue weighted by Gasteiger charge is -2.32. The van der Waals surface area contributed by atoms with Crippen molar-refractivity contribution in [3.8, 4) is 33.6 Å². The number of unbranched alkanes of at least 4 members (excludes halogenated alkanes) is 1. The quantitative estimate of drug-likeness (QED) is 0.262. The third-order valence-corrected chi connectivity index (χ3v) is 6.62. The monoisotopic (exact) mass is 511 g/mol. The van der Waals surface area contributed by atoms with Crippen LogP contribution in [0.2, 0.25) is 0 Å². The maximum absolute atomic E-state index is 13.0. The number of rotatable bonds is 11. The summed E-state index contributed by atoms with van der Waals surface area (Å²) in [5.41, 5.74) is 5.76. The molecule has 0 radical (unpaired) electrons. The van der Waals surface area contributed by atoms with Gasteiger partial charge in [-0.15, -0.1) is 10.2 Å². The zero-order chi connectivity index (χ0) is 27.1. The Bertz CT molecular complexity index is 1350. The van der Waals surface area contributed by atoms with Gasteiger partial charge in [-0.2, -0.15) is 5.21 Å². The molecule has 0 fully saturated rings. The van der Waals surface area contributed by atoms with Crippen molar-refractivity contribution in [3.63, 3.8) is 0 Å². The Kier molecular flexibility index (Phi) is 8.63. The summed E-state index contributed by atoms with van der Waals surface area (Å²) in [4.78, 5) is 26.6. The highest BCUT2D eigenvalue weighted by Crippen LogP contribution is 2.34. The SMILES string of the molecule is CCCCC(=O)N(Cc1ccc(-c2cc(-c3ccccc3)ccc2-c2nn[nH]n2)cc1)C(C(=O)O)C(C)C. The molecule has 0 aliphatic carbocycles. The van der Waals surface area contributed by atoms with Crippen LogP contribution in [-0.2, 0) is 16.1 Å². The van der Waals surface area contributed by atoms with Crippen molar-refractivity contribution < 1.29 is 14.7 Å². The van der Waals surface area contributed by atoms with E-state index in [4.69, 9.17) is 0 Å². The van der Waals surface area contributed by atoms with Crippen LogP contribution < -0.4 is 0 Å². The number of hydrogen-bond acceptors (Lipinski definition) is 5. The Hall–Kier alpha value is -4.33. The van der Waals surface area contributed by atoms with E-state index < -0.39 is 12.0 Å². The summed E-state index contributed by atoms with van der Waals surface area (Å²) in [6.07, 6.45) is 1.94. The Balaban J connectivity index is 1.68. The fourth-order valence-electron chi connectivity index (χ4n) is 4.64. The van der Waals surface area contributed by atoms with Crippen molar-refractivity contribution in [3.05, 3.63) is 78.4 Å². The summed E-state index contributed by atoms with van der Waals surface area (Å²) in [5, 5.41) is 24.5. The van der Waals surface area contributed by atoms with Gasteiger partial charge in [-0.25, -0.2) is 4.79 Å². The van der Waals surface area contributed by atoms with Gasteiger partial charge in [0.15, 0.2) is 0 Å². The van der Waals surface area contributed by atoms with Crippen LogP contribution in [0.25, 0.3) is 33.6 Å². The van der Waals surface area contributed by atoms with E-state index in [9.17, 15) is 14.7 Å². The van der Waals surface area contributed by atoms with Crippen LogP contribution in [0.3, 0.4) is 0 Å². The summed E-state index contributed by atoms with van der Waals surface area (Å²) >= 11 is 0. The maximum Gasteiger partial charge on any atom is 0.326 e. The molecular formula is C30H33N5O3. The number of carboxylic acid groups (broad SMARTS) is 1. The minimum absolute atomic E-state index is 0.132. The Morgan fingerprint density at radius 2 is 1.63 bits per heavy atom. The van der Waals surface area contributed by atoms with E-state index in [0.717, 1.165) is 46.2 Å². The summed E-state index contributed by atoms with van der Waals surface area (Å²) in [6.45, 7) is 5.92. The third-order valence-electron chi connectivity index (χ3n) is 6.62.